The molecule has 0 atom stereocenters. The predicted molar refractivity (Wildman–Crippen MR) is 72.9 cm³/mol. The molecule has 2 aromatic rings. The Kier molecular flexibility index (Phi) is 3.64. The normalized spacial score (nSPS) is 11.3. The maximum Gasteiger partial charge on any atom is 0.263 e. The summed E-state index contributed by atoms with van der Waals surface area (Å²) in [6, 6.07) is 7.27. The molecule has 0 spiro atoms. The zero-order valence-electron chi connectivity index (χ0n) is 9.96. The molecule has 5 nitrogen and oxygen atoms in total. The Labute approximate surface area is 115 Å². The zero-order chi connectivity index (χ0) is 14.0. The van der Waals surface area contributed by atoms with E-state index < -0.39 is 10.0 Å². The van der Waals surface area contributed by atoms with Crippen LogP contribution < -0.4 is 4.72 Å². The lowest BCUT2D eigenvalue weighted by Gasteiger charge is -2.09. The first kappa shape index (κ1) is 13.6. The van der Waals surface area contributed by atoms with Crippen molar-refractivity contribution in [2.75, 3.05) is 4.72 Å². The summed E-state index contributed by atoms with van der Waals surface area (Å²) in [6.07, 6.45) is 1.18. The summed E-state index contributed by atoms with van der Waals surface area (Å²) < 4.78 is 26.6. The van der Waals surface area contributed by atoms with Gasteiger partial charge in [-0.2, -0.15) is 0 Å². The number of nitrogens with one attached hydrogen (secondary N) is 1. The third-order valence-corrected chi connectivity index (χ3v) is 4.14. The maximum absolute atomic E-state index is 12.1. The van der Waals surface area contributed by atoms with E-state index in [1.807, 2.05) is 0 Å². The average Bonchev–Trinajstić information content (AvgIpc) is 2.32. The topological polar surface area (TPSA) is 79.3 Å². The lowest BCUT2D eigenvalue weighted by atomic mass is 10.3. The van der Waals surface area contributed by atoms with Crippen molar-refractivity contribution in [1.29, 1.82) is 0 Å². The second-order valence-electron chi connectivity index (χ2n) is 3.93. The number of nitrogens with zero attached hydrogens (tertiary/aromatic N) is 1. The predicted octanol–water partition coefficient (Wildman–Crippen LogP) is 2.55. The molecular weight excluding hydrogens is 288 g/mol. The molecule has 2 N–H and O–H groups in total. The van der Waals surface area contributed by atoms with Crippen LogP contribution in [0.2, 0.25) is 5.15 Å². The molecule has 0 fully saturated rings. The van der Waals surface area contributed by atoms with E-state index >= 15 is 0 Å². The van der Waals surface area contributed by atoms with Crippen molar-refractivity contribution in [3.8, 4) is 5.75 Å². The van der Waals surface area contributed by atoms with Gasteiger partial charge in [0, 0.05) is 12.3 Å². The molecule has 0 aliphatic carbocycles. The highest BCUT2D eigenvalue weighted by Crippen LogP contribution is 2.21. The Morgan fingerprint density at radius 3 is 2.68 bits per heavy atom. The molecule has 0 unspecified atom stereocenters. The minimum absolute atomic E-state index is 0.0118. The van der Waals surface area contributed by atoms with Crippen LogP contribution in [0.5, 0.6) is 5.75 Å². The van der Waals surface area contributed by atoms with Crippen molar-refractivity contribution in [2.45, 2.75) is 11.8 Å². The van der Waals surface area contributed by atoms with Crippen LogP contribution in [0.1, 0.15) is 5.56 Å². The maximum atomic E-state index is 12.1. The molecule has 0 radical (unpaired) electrons. The standard InChI is InChI=1S/C12H11ClN2O3S/c1-8-5-11(7-14-12(8)13)19(17,18)15-9-3-2-4-10(16)6-9/h2-7,15-16H,1H3. The molecule has 0 amide bonds. The van der Waals surface area contributed by atoms with E-state index in [1.54, 1.807) is 13.0 Å². The highest BCUT2D eigenvalue weighted by molar-refractivity contribution is 7.92. The number of phenols is 1. The zero-order valence-corrected chi connectivity index (χ0v) is 11.5. The molecular formula is C12H11ClN2O3S. The fourth-order valence-electron chi connectivity index (χ4n) is 1.46. The number of sulfonamides is 1. The molecule has 0 bridgehead atoms. The number of anilines is 1. The van der Waals surface area contributed by atoms with Crippen LogP contribution in [0, 0.1) is 6.92 Å². The second kappa shape index (κ2) is 5.07. The largest absolute Gasteiger partial charge is 0.508 e. The first-order valence-electron chi connectivity index (χ1n) is 5.32. The number of hydrogen-bond acceptors (Lipinski definition) is 4. The first-order chi connectivity index (χ1) is 8.88. The quantitative estimate of drug-likeness (QED) is 0.854. The van der Waals surface area contributed by atoms with Gasteiger partial charge in [-0.3, -0.25) is 4.72 Å². The van der Waals surface area contributed by atoms with Crippen LogP contribution in [0.25, 0.3) is 0 Å². The molecule has 0 saturated heterocycles. The highest BCUT2D eigenvalue weighted by atomic mass is 35.5. The van der Waals surface area contributed by atoms with Gasteiger partial charge in [-0.1, -0.05) is 17.7 Å². The third kappa shape index (κ3) is 3.15. The number of pyridine rings is 1. The molecule has 0 aliphatic heterocycles. The van der Waals surface area contributed by atoms with E-state index in [1.165, 1.54) is 30.5 Å². The van der Waals surface area contributed by atoms with Crippen LogP contribution >= 0.6 is 11.6 Å². The number of aromatic hydroxyl groups is 1. The number of aromatic nitrogens is 1. The van der Waals surface area contributed by atoms with Crippen molar-refractivity contribution < 1.29 is 13.5 Å². The Morgan fingerprint density at radius 1 is 1.32 bits per heavy atom. The molecule has 0 saturated carbocycles. The monoisotopic (exact) mass is 298 g/mol. The van der Waals surface area contributed by atoms with Crippen LogP contribution in [0.4, 0.5) is 5.69 Å². The van der Waals surface area contributed by atoms with Gasteiger partial charge in [0.1, 0.15) is 15.8 Å². The fraction of sp³-hybridized carbons (Fsp3) is 0.0833. The van der Waals surface area contributed by atoms with Gasteiger partial charge >= 0.3 is 0 Å². The lowest BCUT2D eigenvalue weighted by Crippen LogP contribution is -2.13. The minimum atomic E-state index is -3.75. The van der Waals surface area contributed by atoms with E-state index in [0.717, 1.165) is 0 Å². The number of hydrogen-bond donors (Lipinski definition) is 2. The third-order valence-electron chi connectivity index (χ3n) is 2.40. The average molecular weight is 299 g/mol. The number of benzene rings is 1. The minimum Gasteiger partial charge on any atom is -0.508 e. The number of phenolic OH excluding ortho intramolecular Hbond substituents is 1. The van der Waals surface area contributed by atoms with Gasteiger partial charge in [0.2, 0.25) is 0 Å². The van der Waals surface area contributed by atoms with Crippen molar-refractivity contribution >= 4 is 27.3 Å². The van der Waals surface area contributed by atoms with Crippen LogP contribution in [-0.2, 0) is 10.0 Å². The summed E-state index contributed by atoms with van der Waals surface area (Å²) in [5, 5.41) is 9.56. The molecule has 100 valence electrons. The first-order valence-corrected chi connectivity index (χ1v) is 7.18. The van der Waals surface area contributed by atoms with Crippen molar-refractivity contribution in [2.24, 2.45) is 0 Å². The van der Waals surface area contributed by atoms with Crippen molar-refractivity contribution in [1.82, 2.24) is 4.98 Å². The van der Waals surface area contributed by atoms with Crippen LogP contribution in [0.15, 0.2) is 41.4 Å². The Morgan fingerprint density at radius 2 is 2.05 bits per heavy atom. The highest BCUT2D eigenvalue weighted by Gasteiger charge is 2.16. The number of aryl methyl sites for hydroxylation is 1. The fourth-order valence-corrected chi connectivity index (χ4v) is 2.64. The van der Waals surface area contributed by atoms with Crippen LogP contribution in [0.3, 0.4) is 0 Å². The van der Waals surface area contributed by atoms with Crippen LogP contribution in [-0.4, -0.2) is 18.5 Å². The molecule has 19 heavy (non-hydrogen) atoms. The SMILES string of the molecule is Cc1cc(S(=O)(=O)Nc2cccc(O)c2)cnc1Cl. The summed E-state index contributed by atoms with van der Waals surface area (Å²) in [5.74, 6) is -0.0226. The van der Waals surface area contributed by atoms with E-state index in [-0.39, 0.29) is 21.5 Å². The molecule has 7 heteroatoms. The second-order valence-corrected chi connectivity index (χ2v) is 5.97. The van der Waals surface area contributed by atoms with Gasteiger partial charge in [-0.15, -0.1) is 0 Å². The molecule has 0 aliphatic rings. The van der Waals surface area contributed by atoms with Gasteiger partial charge in [0.25, 0.3) is 10.0 Å². The van der Waals surface area contributed by atoms with E-state index in [2.05, 4.69) is 9.71 Å². The molecule has 1 heterocycles. The van der Waals surface area contributed by atoms with Gasteiger partial charge in [-0.25, -0.2) is 13.4 Å². The van der Waals surface area contributed by atoms with Gasteiger partial charge in [0.05, 0.1) is 5.69 Å². The summed E-state index contributed by atoms with van der Waals surface area (Å²) in [4.78, 5) is 3.81. The van der Waals surface area contributed by atoms with E-state index in [0.29, 0.717) is 5.56 Å². The number of halogens is 1. The number of rotatable bonds is 3. The lowest BCUT2D eigenvalue weighted by molar-refractivity contribution is 0.475. The van der Waals surface area contributed by atoms with Gasteiger partial charge in [0.15, 0.2) is 0 Å². The van der Waals surface area contributed by atoms with Crippen molar-refractivity contribution in [3.05, 3.63) is 47.2 Å². The van der Waals surface area contributed by atoms with E-state index in [9.17, 15) is 13.5 Å². The Hall–Kier alpha value is -1.79. The van der Waals surface area contributed by atoms with Crippen molar-refractivity contribution in [3.63, 3.8) is 0 Å². The Balaban J connectivity index is 2.35. The summed E-state index contributed by atoms with van der Waals surface area (Å²) in [6.45, 7) is 1.67. The van der Waals surface area contributed by atoms with E-state index in [4.69, 9.17) is 11.6 Å². The molecule has 1 aromatic carbocycles. The molecule has 1 aromatic heterocycles. The summed E-state index contributed by atoms with van der Waals surface area (Å²) in [5.41, 5.74) is 0.841. The van der Waals surface area contributed by atoms with Gasteiger partial charge in [-0.05, 0) is 30.7 Å². The Bertz CT molecular complexity index is 717. The summed E-state index contributed by atoms with van der Waals surface area (Å²) >= 11 is 5.75. The smallest absolute Gasteiger partial charge is 0.263 e. The molecule has 2 rings (SSSR count). The van der Waals surface area contributed by atoms with Gasteiger partial charge < -0.3 is 5.11 Å². The summed E-state index contributed by atoms with van der Waals surface area (Å²) in [7, 11) is -3.75.